The van der Waals surface area contributed by atoms with E-state index in [1.165, 1.54) is 24.0 Å². The third kappa shape index (κ3) is 5.55. The summed E-state index contributed by atoms with van der Waals surface area (Å²) in [5.74, 6) is 0. The van der Waals surface area contributed by atoms with E-state index < -0.39 is 0 Å². The van der Waals surface area contributed by atoms with Gasteiger partial charge in [-0.3, -0.25) is 0 Å². The fourth-order valence-corrected chi connectivity index (χ4v) is 3.44. The van der Waals surface area contributed by atoms with E-state index >= 15 is 0 Å². The Labute approximate surface area is 146 Å². The van der Waals surface area contributed by atoms with Crippen molar-refractivity contribution in [3.63, 3.8) is 0 Å². The molecular weight excluding hydrogens is 302 g/mol. The van der Waals surface area contributed by atoms with Gasteiger partial charge in [-0.15, -0.1) is 0 Å². The summed E-state index contributed by atoms with van der Waals surface area (Å²) in [4.78, 5) is 2.48. The third-order valence-corrected chi connectivity index (χ3v) is 5.12. The third-order valence-electron chi connectivity index (χ3n) is 5.12. The van der Waals surface area contributed by atoms with Crippen LogP contribution in [0.2, 0.25) is 0 Å². The lowest BCUT2D eigenvalue weighted by Crippen LogP contribution is -2.39. The van der Waals surface area contributed by atoms with Crippen LogP contribution >= 0.6 is 0 Å². The summed E-state index contributed by atoms with van der Waals surface area (Å²) in [5, 5.41) is 0. The maximum atomic E-state index is 6.12. The molecule has 2 heterocycles. The van der Waals surface area contributed by atoms with E-state index in [4.69, 9.17) is 14.2 Å². The normalized spacial score (nSPS) is 23.5. The van der Waals surface area contributed by atoms with Gasteiger partial charge in [0, 0.05) is 26.2 Å². The number of hydrogen-bond acceptors (Lipinski definition) is 4. The topological polar surface area (TPSA) is 30.9 Å². The zero-order valence-electron chi connectivity index (χ0n) is 14.9. The number of rotatable bonds is 7. The van der Waals surface area contributed by atoms with E-state index in [0.29, 0.717) is 6.10 Å². The van der Waals surface area contributed by atoms with Crippen molar-refractivity contribution < 1.29 is 14.2 Å². The zero-order chi connectivity index (χ0) is 16.6. The molecule has 2 aliphatic heterocycles. The molecule has 4 heteroatoms. The van der Waals surface area contributed by atoms with Crippen molar-refractivity contribution >= 4 is 0 Å². The minimum Gasteiger partial charge on any atom is -0.373 e. The number of hydrogen-bond donors (Lipinski definition) is 0. The molecule has 0 unspecified atom stereocenters. The van der Waals surface area contributed by atoms with Gasteiger partial charge < -0.3 is 19.1 Å². The zero-order valence-corrected chi connectivity index (χ0v) is 14.9. The van der Waals surface area contributed by atoms with E-state index in [1.54, 1.807) is 0 Å². The Morgan fingerprint density at radius 1 is 1.08 bits per heavy atom. The molecule has 1 aromatic rings. The minimum atomic E-state index is 0.0359. The Morgan fingerprint density at radius 3 is 2.67 bits per heavy atom. The summed E-state index contributed by atoms with van der Waals surface area (Å²) in [6.07, 6.45) is 6.12. The Hall–Kier alpha value is -0.940. The van der Waals surface area contributed by atoms with E-state index in [0.717, 1.165) is 58.7 Å². The van der Waals surface area contributed by atoms with Crippen molar-refractivity contribution in [2.24, 2.45) is 0 Å². The largest absolute Gasteiger partial charge is 0.373 e. The molecule has 0 aliphatic carbocycles. The standard InChI is InChI=1S/C20H31NO3/c1-17-6-2-3-7-18(17)16-24-19-9-11-21(12-10-19)13-15-23-20-8-4-5-14-22-20/h2-3,6-7,19-20H,4-5,8-16H2,1H3/t20-/m1/s1. The number of piperidine rings is 1. The van der Waals surface area contributed by atoms with Crippen LogP contribution in [0.15, 0.2) is 24.3 Å². The van der Waals surface area contributed by atoms with Crippen LogP contribution in [0.5, 0.6) is 0 Å². The van der Waals surface area contributed by atoms with Crippen LogP contribution in [0, 0.1) is 6.92 Å². The van der Waals surface area contributed by atoms with Crippen LogP contribution in [0.1, 0.15) is 43.2 Å². The van der Waals surface area contributed by atoms with Gasteiger partial charge in [0.05, 0.1) is 19.3 Å². The van der Waals surface area contributed by atoms with E-state index in [2.05, 4.69) is 36.1 Å². The van der Waals surface area contributed by atoms with E-state index in [-0.39, 0.29) is 6.29 Å². The number of likely N-dealkylation sites (tertiary alicyclic amines) is 1. The molecule has 3 rings (SSSR count). The van der Waals surface area contributed by atoms with Gasteiger partial charge >= 0.3 is 0 Å². The number of ether oxygens (including phenoxy) is 3. The molecule has 2 aliphatic rings. The first-order valence-electron chi connectivity index (χ1n) is 9.43. The molecule has 24 heavy (non-hydrogen) atoms. The molecule has 0 spiro atoms. The van der Waals surface area contributed by atoms with Crippen molar-refractivity contribution in [1.82, 2.24) is 4.90 Å². The molecule has 1 aromatic carbocycles. The molecule has 1 atom stereocenters. The van der Waals surface area contributed by atoms with Crippen LogP contribution in [0.25, 0.3) is 0 Å². The first-order chi connectivity index (χ1) is 11.8. The number of benzene rings is 1. The molecule has 4 nitrogen and oxygen atoms in total. The molecular formula is C20H31NO3. The van der Waals surface area contributed by atoms with Crippen molar-refractivity contribution in [2.45, 2.75) is 58.0 Å². The maximum Gasteiger partial charge on any atom is 0.157 e. The second-order valence-corrected chi connectivity index (χ2v) is 6.95. The highest BCUT2D eigenvalue weighted by atomic mass is 16.7. The molecule has 0 amide bonds. The highest BCUT2D eigenvalue weighted by molar-refractivity contribution is 5.24. The summed E-state index contributed by atoms with van der Waals surface area (Å²) >= 11 is 0. The molecule has 0 aromatic heterocycles. The number of aryl methyl sites for hydroxylation is 1. The van der Waals surface area contributed by atoms with Gasteiger partial charge in [0.2, 0.25) is 0 Å². The SMILES string of the molecule is Cc1ccccc1COC1CCN(CCO[C@@H]2CCCCO2)CC1. The fraction of sp³-hybridized carbons (Fsp3) is 0.700. The van der Waals surface area contributed by atoms with Crippen LogP contribution in [-0.4, -0.2) is 50.1 Å². The minimum absolute atomic E-state index is 0.0359. The van der Waals surface area contributed by atoms with Gasteiger partial charge in [-0.05, 0) is 50.2 Å². The van der Waals surface area contributed by atoms with Gasteiger partial charge in [0.25, 0.3) is 0 Å². The Bertz CT molecular complexity index is 480. The lowest BCUT2D eigenvalue weighted by molar-refractivity contribution is -0.165. The van der Waals surface area contributed by atoms with Gasteiger partial charge in [-0.2, -0.15) is 0 Å². The monoisotopic (exact) mass is 333 g/mol. The van der Waals surface area contributed by atoms with Crippen LogP contribution in [0.4, 0.5) is 0 Å². The Morgan fingerprint density at radius 2 is 1.92 bits per heavy atom. The van der Waals surface area contributed by atoms with E-state index in [1.807, 2.05) is 0 Å². The average molecular weight is 333 g/mol. The van der Waals surface area contributed by atoms with Gasteiger partial charge in [-0.25, -0.2) is 0 Å². The molecule has 2 saturated heterocycles. The lowest BCUT2D eigenvalue weighted by Gasteiger charge is -2.32. The van der Waals surface area contributed by atoms with Gasteiger partial charge in [-0.1, -0.05) is 24.3 Å². The first kappa shape index (κ1) is 17.9. The molecule has 0 radical (unpaired) electrons. The van der Waals surface area contributed by atoms with Crippen LogP contribution < -0.4 is 0 Å². The molecule has 0 bridgehead atoms. The Balaban J connectivity index is 1.29. The second-order valence-electron chi connectivity index (χ2n) is 6.95. The van der Waals surface area contributed by atoms with Crippen molar-refractivity contribution in [3.8, 4) is 0 Å². The molecule has 2 fully saturated rings. The van der Waals surface area contributed by atoms with Crippen molar-refractivity contribution in [2.75, 3.05) is 32.8 Å². The highest BCUT2D eigenvalue weighted by Gasteiger charge is 2.20. The van der Waals surface area contributed by atoms with Crippen LogP contribution in [0.3, 0.4) is 0 Å². The predicted octanol–water partition coefficient (Wildman–Crippen LogP) is 3.52. The van der Waals surface area contributed by atoms with Crippen molar-refractivity contribution in [1.29, 1.82) is 0 Å². The lowest BCUT2D eigenvalue weighted by atomic mass is 10.1. The second kappa shape index (κ2) is 9.52. The summed E-state index contributed by atoms with van der Waals surface area (Å²) in [7, 11) is 0. The highest BCUT2D eigenvalue weighted by Crippen LogP contribution is 2.18. The fourth-order valence-electron chi connectivity index (χ4n) is 3.44. The van der Waals surface area contributed by atoms with Gasteiger partial charge in [0.1, 0.15) is 0 Å². The van der Waals surface area contributed by atoms with Gasteiger partial charge in [0.15, 0.2) is 6.29 Å². The molecule has 0 saturated carbocycles. The summed E-state index contributed by atoms with van der Waals surface area (Å²) in [6.45, 7) is 7.73. The molecule has 134 valence electrons. The quantitative estimate of drug-likeness (QED) is 0.764. The maximum absolute atomic E-state index is 6.12. The first-order valence-corrected chi connectivity index (χ1v) is 9.43. The smallest absolute Gasteiger partial charge is 0.157 e. The summed E-state index contributed by atoms with van der Waals surface area (Å²) in [5.41, 5.74) is 2.62. The average Bonchev–Trinajstić information content (AvgIpc) is 2.63. The van der Waals surface area contributed by atoms with Crippen LogP contribution in [-0.2, 0) is 20.8 Å². The number of nitrogens with zero attached hydrogens (tertiary/aromatic N) is 1. The van der Waals surface area contributed by atoms with Crippen molar-refractivity contribution in [3.05, 3.63) is 35.4 Å². The Kier molecular flexibility index (Phi) is 7.09. The summed E-state index contributed by atoms with van der Waals surface area (Å²) < 4.78 is 17.6. The predicted molar refractivity (Wildman–Crippen MR) is 95.0 cm³/mol. The molecule has 0 N–H and O–H groups in total. The summed E-state index contributed by atoms with van der Waals surface area (Å²) in [6, 6.07) is 8.48. The van der Waals surface area contributed by atoms with E-state index in [9.17, 15) is 0 Å².